The maximum Gasteiger partial charge on any atom is 0.229 e. The summed E-state index contributed by atoms with van der Waals surface area (Å²) in [5.74, 6) is 1.69. The first-order valence-corrected chi connectivity index (χ1v) is 8.47. The lowest BCUT2D eigenvalue weighted by atomic mass is 9.84. The van der Waals surface area contributed by atoms with Crippen molar-refractivity contribution >= 4 is 5.91 Å². The highest BCUT2D eigenvalue weighted by Crippen LogP contribution is 2.29. The van der Waals surface area contributed by atoms with Crippen LogP contribution in [0.5, 0.6) is 0 Å². The molecule has 7 heteroatoms. The Labute approximate surface area is 136 Å². The van der Waals surface area contributed by atoms with Gasteiger partial charge in [0.1, 0.15) is 6.61 Å². The van der Waals surface area contributed by atoms with Crippen LogP contribution in [-0.2, 0) is 27.3 Å². The fourth-order valence-corrected chi connectivity index (χ4v) is 3.02. The van der Waals surface area contributed by atoms with E-state index in [1.807, 2.05) is 4.90 Å². The van der Waals surface area contributed by atoms with Crippen molar-refractivity contribution in [2.45, 2.75) is 51.2 Å². The quantitative estimate of drug-likeness (QED) is 0.758. The average molecular weight is 323 g/mol. The van der Waals surface area contributed by atoms with E-state index in [0.29, 0.717) is 43.8 Å². The fraction of sp³-hybridized carbons (Fsp3) is 0.812. The van der Waals surface area contributed by atoms with E-state index in [4.69, 9.17) is 14.0 Å². The van der Waals surface area contributed by atoms with Gasteiger partial charge in [-0.15, -0.1) is 0 Å². The maximum absolute atomic E-state index is 12.3. The summed E-state index contributed by atoms with van der Waals surface area (Å²) in [6.45, 7) is 2.43. The van der Waals surface area contributed by atoms with E-state index < -0.39 is 0 Å². The van der Waals surface area contributed by atoms with Crippen LogP contribution in [0.2, 0.25) is 0 Å². The van der Waals surface area contributed by atoms with Gasteiger partial charge >= 0.3 is 0 Å². The summed E-state index contributed by atoms with van der Waals surface area (Å²) in [5, 5.41) is 3.91. The molecule has 0 bridgehead atoms. The molecule has 3 rings (SSSR count). The van der Waals surface area contributed by atoms with Gasteiger partial charge in [0.15, 0.2) is 5.82 Å². The monoisotopic (exact) mass is 323 g/mol. The third-order valence-corrected chi connectivity index (χ3v) is 4.62. The Hall–Kier alpha value is -1.47. The van der Waals surface area contributed by atoms with Crippen LogP contribution < -0.4 is 0 Å². The lowest BCUT2D eigenvalue weighted by Crippen LogP contribution is -2.46. The first-order valence-electron chi connectivity index (χ1n) is 8.47. The molecule has 0 aromatic carbocycles. The Kier molecular flexibility index (Phi) is 5.61. The van der Waals surface area contributed by atoms with Crippen LogP contribution in [0.25, 0.3) is 0 Å². The van der Waals surface area contributed by atoms with Crippen molar-refractivity contribution in [2.75, 3.05) is 26.8 Å². The summed E-state index contributed by atoms with van der Waals surface area (Å²) in [6.07, 6.45) is 5.93. The number of piperidine rings is 1. The molecular weight excluding hydrogens is 298 g/mol. The molecular formula is C16H25N3O4. The van der Waals surface area contributed by atoms with Crippen LogP contribution >= 0.6 is 0 Å². The number of nitrogens with zero attached hydrogens (tertiary/aromatic N) is 3. The number of rotatable bonds is 7. The number of hydrogen-bond donors (Lipinski definition) is 0. The van der Waals surface area contributed by atoms with Crippen LogP contribution in [0.1, 0.15) is 43.8 Å². The first-order chi connectivity index (χ1) is 11.3. The van der Waals surface area contributed by atoms with E-state index in [0.717, 1.165) is 32.2 Å². The molecule has 1 aliphatic carbocycles. The second-order valence-electron chi connectivity index (χ2n) is 6.33. The lowest BCUT2D eigenvalue weighted by molar-refractivity contribution is -0.142. The zero-order valence-corrected chi connectivity index (χ0v) is 13.7. The molecule has 1 atom stereocenters. The van der Waals surface area contributed by atoms with Crippen LogP contribution in [0.3, 0.4) is 0 Å². The molecule has 1 saturated heterocycles. The first kappa shape index (κ1) is 16.4. The van der Waals surface area contributed by atoms with Gasteiger partial charge in [-0.3, -0.25) is 4.79 Å². The standard InChI is InChI=1S/C16H25N3O4/c1-21-9-7-15-17-14(18-23-15)11-22-13-6-3-8-19(10-13)16(20)12-4-2-5-12/h12-13H,2-11H2,1H3. The van der Waals surface area contributed by atoms with Crippen molar-refractivity contribution in [3.8, 4) is 0 Å². The van der Waals surface area contributed by atoms with Crippen LogP contribution in [0.4, 0.5) is 0 Å². The van der Waals surface area contributed by atoms with Crippen molar-refractivity contribution in [1.82, 2.24) is 15.0 Å². The highest BCUT2D eigenvalue weighted by atomic mass is 16.5. The number of ether oxygens (including phenoxy) is 2. The predicted octanol–water partition coefficient (Wildman–Crippen LogP) is 1.57. The highest BCUT2D eigenvalue weighted by molar-refractivity contribution is 5.79. The van der Waals surface area contributed by atoms with Crippen molar-refractivity contribution in [1.29, 1.82) is 0 Å². The molecule has 1 aliphatic heterocycles. The van der Waals surface area contributed by atoms with Gasteiger partial charge in [0.05, 0.1) is 19.1 Å². The summed E-state index contributed by atoms with van der Waals surface area (Å²) >= 11 is 0. The number of hydrogen-bond acceptors (Lipinski definition) is 6. The number of aromatic nitrogens is 2. The minimum atomic E-state index is 0.0636. The molecule has 0 spiro atoms. The van der Waals surface area contributed by atoms with Gasteiger partial charge in [-0.1, -0.05) is 11.6 Å². The van der Waals surface area contributed by atoms with E-state index in [1.165, 1.54) is 6.42 Å². The average Bonchev–Trinajstić information content (AvgIpc) is 2.97. The minimum absolute atomic E-state index is 0.0636. The Morgan fingerprint density at radius 3 is 2.96 bits per heavy atom. The number of carbonyl (C=O) groups is 1. The number of likely N-dealkylation sites (tertiary alicyclic amines) is 1. The van der Waals surface area contributed by atoms with Gasteiger partial charge in [-0.25, -0.2) is 0 Å². The van der Waals surface area contributed by atoms with Crippen LogP contribution in [0.15, 0.2) is 4.52 Å². The van der Waals surface area contributed by atoms with Gasteiger partial charge in [-0.2, -0.15) is 4.98 Å². The zero-order chi connectivity index (χ0) is 16.1. The van der Waals surface area contributed by atoms with Crippen LogP contribution in [0, 0.1) is 5.92 Å². The Bertz CT molecular complexity index is 515. The van der Waals surface area contributed by atoms with Gasteiger partial charge in [0, 0.05) is 26.1 Å². The molecule has 2 heterocycles. The molecule has 2 fully saturated rings. The van der Waals surface area contributed by atoms with Crippen molar-refractivity contribution in [3.05, 3.63) is 11.7 Å². The fourth-order valence-electron chi connectivity index (χ4n) is 3.02. The molecule has 1 amide bonds. The third-order valence-electron chi connectivity index (χ3n) is 4.62. The van der Waals surface area contributed by atoms with E-state index in [-0.39, 0.29) is 12.0 Å². The molecule has 128 valence electrons. The summed E-state index contributed by atoms with van der Waals surface area (Å²) in [4.78, 5) is 18.6. The smallest absolute Gasteiger partial charge is 0.229 e. The molecule has 23 heavy (non-hydrogen) atoms. The van der Waals surface area contributed by atoms with Crippen molar-refractivity contribution < 1.29 is 18.8 Å². The molecule has 1 saturated carbocycles. The summed E-state index contributed by atoms with van der Waals surface area (Å²) in [7, 11) is 1.64. The molecule has 0 radical (unpaired) electrons. The number of carbonyl (C=O) groups excluding carboxylic acids is 1. The van der Waals surface area contributed by atoms with E-state index in [9.17, 15) is 4.79 Å². The second-order valence-corrected chi connectivity index (χ2v) is 6.33. The third kappa shape index (κ3) is 4.29. The van der Waals surface area contributed by atoms with Gasteiger partial charge < -0.3 is 18.9 Å². The topological polar surface area (TPSA) is 77.7 Å². The molecule has 7 nitrogen and oxygen atoms in total. The van der Waals surface area contributed by atoms with Gasteiger partial charge in [0.25, 0.3) is 0 Å². The predicted molar refractivity (Wildman–Crippen MR) is 81.6 cm³/mol. The van der Waals surface area contributed by atoms with E-state index >= 15 is 0 Å². The summed E-state index contributed by atoms with van der Waals surface area (Å²) < 4.78 is 16.0. The zero-order valence-electron chi connectivity index (χ0n) is 13.7. The molecule has 1 unspecified atom stereocenters. The van der Waals surface area contributed by atoms with Gasteiger partial charge in [0.2, 0.25) is 11.8 Å². The number of methoxy groups -OCH3 is 1. The van der Waals surface area contributed by atoms with E-state index in [1.54, 1.807) is 7.11 Å². The Morgan fingerprint density at radius 2 is 2.22 bits per heavy atom. The molecule has 1 aromatic heterocycles. The molecule has 1 aromatic rings. The minimum Gasteiger partial charge on any atom is -0.384 e. The van der Waals surface area contributed by atoms with Crippen molar-refractivity contribution in [2.24, 2.45) is 5.92 Å². The SMILES string of the molecule is COCCc1nc(COC2CCCN(C(=O)C3CCC3)C2)no1. The summed E-state index contributed by atoms with van der Waals surface area (Å²) in [6, 6.07) is 0. The summed E-state index contributed by atoms with van der Waals surface area (Å²) in [5.41, 5.74) is 0. The lowest BCUT2D eigenvalue weighted by Gasteiger charge is -2.37. The maximum atomic E-state index is 12.3. The second kappa shape index (κ2) is 7.88. The normalized spacial score (nSPS) is 22.1. The molecule has 0 N–H and O–H groups in total. The Morgan fingerprint density at radius 1 is 1.35 bits per heavy atom. The van der Waals surface area contributed by atoms with Gasteiger partial charge in [-0.05, 0) is 25.7 Å². The van der Waals surface area contributed by atoms with Crippen LogP contribution in [-0.4, -0.2) is 53.9 Å². The van der Waals surface area contributed by atoms with Crippen molar-refractivity contribution in [3.63, 3.8) is 0 Å². The largest absolute Gasteiger partial charge is 0.384 e. The number of amides is 1. The Balaban J connectivity index is 1.44. The molecule has 2 aliphatic rings. The van der Waals surface area contributed by atoms with E-state index in [2.05, 4.69) is 10.1 Å². The highest BCUT2D eigenvalue weighted by Gasteiger charge is 2.32.